The van der Waals surface area contributed by atoms with Gasteiger partial charge in [-0.3, -0.25) is 9.59 Å². The molecule has 1 atom stereocenters. The highest BCUT2D eigenvalue weighted by Crippen LogP contribution is 2.04. The van der Waals surface area contributed by atoms with E-state index in [2.05, 4.69) is 10.6 Å². The van der Waals surface area contributed by atoms with E-state index < -0.39 is 42.9 Å². The van der Waals surface area contributed by atoms with Crippen LogP contribution in [0.4, 0.5) is 4.79 Å². The van der Waals surface area contributed by atoms with Crippen LogP contribution in [0, 0.1) is 0 Å². The van der Waals surface area contributed by atoms with Crippen LogP contribution in [0.2, 0.25) is 0 Å². The van der Waals surface area contributed by atoms with Crippen LogP contribution < -0.4 is 10.6 Å². The second kappa shape index (κ2) is 11.8. The molecule has 0 saturated carbocycles. The van der Waals surface area contributed by atoms with E-state index in [-0.39, 0.29) is 13.2 Å². The van der Waals surface area contributed by atoms with Crippen molar-refractivity contribution < 1.29 is 33.8 Å². The van der Waals surface area contributed by atoms with Gasteiger partial charge in [0.1, 0.15) is 25.8 Å². The van der Waals surface area contributed by atoms with Gasteiger partial charge in [0.15, 0.2) is 0 Å². The fraction of sp³-hybridized carbons (Fsp3) is 0.238. The first-order valence-electron chi connectivity index (χ1n) is 9.10. The second-order valence-electron chi connectivity index (χ2n) is 6.22. The van der Waals surface area contributed by atoms with Gasteiger partial charge in [-0.05, 0) is 11.1 Å². The highest BCUT2D eigenvalue weighted by Gasteiger charge is 2.24. The molecule has 0 fully saturated rings. The molecule has 0 unspecified atom stereocenters. The van der Waals surface area contributed by atoms with Crippen LogP contribution in [0.5, 0.6) is 0 Å². The number of aliphatic carboxylic acids is 1. The van der Waals surface area contributed by atoms with Crippen molar-refractivity contribution in [1.29, 1.82) is 0 Å². The molecule has 0 heterocycles. The van der Waals surface area contributed by atoms with Crippen molar-refractivity contribution in [2.45, 2.75) is 25.7 Å². The van der Waals surface area contributed by atoms with Gasteiger partial charge in [-0.15, -0.1) is 0 Å². The predicted molar refractivity (Wildman–Crippen MR) is 105 cm³/mol. The smallest absolute Gasteiger partial charge is 0.407 e. The molecule has 2 amide bonds. The third kappa shape index (κ3) is 8.42. The van der Waals surface area contributed by atoms with E-state index in [0.717, 1.165) is 11.1 Å². The predicted octanol–water partition coefficient (Wildman–Crippen LogP) is 1.62. The van der Waals surface area contributed by atoms with Gasteiger partial charge in [0, 0.05) is 0 Å². The Morgan fingerprint density at radius 3 is 1.90 bits per heavy atom. The third-order valence-corrected chi connectivity index (χ3v) is 3.85. The topological polar surface area (TPSA) is 131 Å². The summed E-state index contributed by atoms with van der Waals surface area (Å²) < 4.78 is 9.97. The molecule has 2 rings (SSSR count). The van der Waals surface area contributed by atoms with Crippen molar-refractivity contribution in [3.63, 3.8) is 0 Å². The average Bonchev–Trinajstić information content (AvgIpc) is 2.75. The Labute approximate surface area is 173 Å². The zero-order chi connectivity index (χ0) is 21.8. The standard InChI is InChI=1S/C21H22N2O7/c24-18(12-22-21(28)30-14-16-9-5-2-6-10-16)23-17(20(26)27)11-19(25)29-13-15-7-3-1-4-8-15/h1-10,17H,11-14H2,(H,22,28)(H,23,24)(H,26,27)/t17-/m1/s1. The first kappa shape index (κ1) is 22.4. The lowest BCUT2D eigenvalue weighted by molar-refractivity contribution is -0.151. The Balaban J connectivity index is 1.71. The molecule has 3 N–H and O–H groups in total. The summed E-state index contributed by atoms with van der Waals surface area (Å²) in [4.78, 5) is 46.7. The summed E-state index contributed by atoms with van der Waals surface area (Å²) in [6, 6.07) is 16.4. The molecule has 0 saturated heterocycles. The molecule has 9 nitrogen and oxygen atoms in total. The van der Waals surface area contributed by atoms with Crippen molar-refractivity contribution in [1.82, 2.24) is 10.6 Å². The molecule has 0 bridgehead atoms. The van der Waals surface area contributed by atoms with Gasteiger partial charge in [-0.2, -0.15) is 0 Å². The Hall–Kier alpha value is -3.88. The van der Waals surface area contributed by atoms with Gasteiger partial charge in [0.25, 0.3) is 0 Å². The van der Waals surface area contributed by atoms with Crippen LogP contribution in [-0.2, 0) is 37.1 Å². The Morgan fingerprint density at radius 2 is 1.37 bits per heavy atom. The number of ether oxygens (including phenoxy) is 2. The van der Waals surface area contributed by atoms with Crippen molar-refractivity contribution in [3.8, 4) is 0 Å². The fourth-order valence-corrected chi connectivity index (χ4v) is 2.34. The molecule has 0 aromatic heterocycles. The van der Waals surface area contributed by atoms with Gasteiger partial charge in [-0.25, -0.2) is 9.59 Å². The zero-order valence-corrected chi connectivity index (χ0v) is 16.1. The number of amides is 2. The normalized spacial score (nSPS) is 11.1. The number of carboxylic acid groups (broad SMARTS) is 1. The van der Waals surface area contributed by atoms with Crippen LogP contribution in [0.1, 0.15) is 17.5 Å². The van der Waals surface area contributed by atoms with Crippen molar-refractivity contribution >= 4 is 23.9 Å². The number of carbonyl (C=O) groups is 4. The van der Waals surface area contributed by atoms with Crippen molar-refractivity contribution in [2.75, 3.05) is 6.54 Å². The van der Waals surface area contributed by atoms with Crippen molar-refractivity contribution in [2.24, 2.45) is 0 Å². The summed E-state index contributed by atoms with van der Waals surface area (Å²) in [5.41, 5.74) is 1.53. The number of rotatable bonds is 10. The molecule has 0 aliphatic rings. The minimum atomic E-state index is -1.48. The molecular formula is C21H22N2O7. The van der Waals surface area contributed by atoms with E-state index in [1.807, 2.05) is 12.1 Å². The van der Waals surface area contributed by atoms with Crippen LogP contribution in [0.25, 0.3) is 0 Å². The minimum absolute atomic E-state index is 0.00519. The Morgan fingerprint density at radius 1 is 0.833 bits per heavy atom. The first-order chi connectivity index (χ1) is 14.4. The van der Waals surface area contributed by atoms with Gasteiger partial charge < -0.3 is 25.2 Å². The molecule has 158 valence electrons. The van der Waals surface area contributed by atoms with E-state index in [1.165, 1.54) is 0 Å². The van der Waals surface area contributed by atoms with Crippen LogP contribution >= 0.6 is 0 Å². The van der Waals surface area contributed by atoms with E-state index in [0.29, 0.717) is 0 Å². The lowest BCUT2D eigenvalue weighted by Crippen LogP contribution is -2.46. The molecule has 0 spiro atoms. The third-order valence-electron chi connectivity index (χ3n) is 3.85. The maximum absolute atomic E-state index is 11.9. The first-order valence-corrected chi connectivity index (χ1v) is 9.10. The van der Waals surface area contributed by atoms with Gasteiger partial charge in [0.2, 0.25) is 5.91 Å². The second-order valence-corrected chi connectivity index (χ2v) is 6.22. The summed E-state index contributed by atoms with van der Waals surface area (Å²) in [6.45, 7) is -0.482. The molecule has 2 aromatic rings. The summed E-state index contributed by atoms with van der Waals surface area (Å²) >= 11 is 0. The molecule has 9 heteroatoms. The Kier molecular flexibility index (Phi) is 8.85. The van der Waals surface area contributed by atoms with Gasteiger partial charge in [0.05, 0.1) is 6.42 Å². The van der Waals surface area contributed by atoms with E-state index in [1.54, 1.807) is 48.5 Å². The fourth-order valence-electron chi connectivity index (χ4n) is 2.34. The molecule has 30 heavy (non-hydrogen) atoms. The number of hydrogen-bond donors (Lipinski definition) is 3. The van der Waals surface area contributed by atoms with E-state index >= 15 is 0 Å². The maximum atomic E-state index is 11.9. The number of carbonyl (C=O) groups excluding carboxylic acids is 3. The summed E-state index contributed by atoms with van der Waals surface area (Å²) in [5, 5.41) is 13.6. The van der Waals surface area contributed by atoms with Crippen molar-refractivity contribution in [3.05, 3.63) is 71.8 Å². The SMILES string of the molecule is O=C(CNC(=O)OCc1ccccc1)N[C@H](CC(=O)OCc1ccccc1)C(=O)O. The van der Waals surface area contributed by atoms with Crippen LogP contribution in [-0.4, -0.2) is 41.6 Å². The zero-order valence-electron chi connectivity index (χ0n) is 16.1. The lowest BCUT2D eigenvalue weighted by atomic mass is 10.2. The summed E-state index contributed by atoms with van der Waals surface area (Å²) in [7, 11) is 0. The summed E-state index contributed by atoms with van der Waals surface area (Å²) in [5.74, 6) is -2.96. The number of carboxylic acids is 1. The monoisotopic (exact) mass is 414 g/mol. The van der Waals surface area contributed by atoms with E-state index in [9.17, 15) is 24.3 Å². The van der Waals surface area contributed by atoms with Gasteiger partial charge in [-0.1, -0.05) is 60.7 Å². The van der Waals surface area contributed by atoms with Crippen LogP contribution in [0.3, 0.4) is 0 Å². The number of alkyl carbamates (subject to hydrolysis) is 1. The number of benzene rings is 2. The largest absolute Gasteiger partial charge is 0.480 e. The average molecular weight is 414 g/mol. The Bertz CT molecular complexity index is 856. The number of nitrogens with one attached hydrogen (secondary N) is 2. The quantitative estimate of drug-likeness (QED) is 0.504. The molecule has 2 aromatic carbocycles. The molecule has 0 aliphatic heterocycles. The molecule has 0 aliphatic carbocycles. The number of esters is 1. The van der Waals surface area contributed by atoms with E-state index in [4.69, 9.17) is 9.47 Å². The molecular weight excluding hydrogens is 392 g/mol. The highest BCUT2D eigenvalue weighted by molar-refractivity contribution is 5.89. The lowest BCUT2D eigenvalue weighted by Gasteiger charge is -2.14. The van der Waals surface area contributed by atoms with Crippen LogP contribution in [0.15, 0.2) is 60.7 Å². The van der Waals surface area contributed by atoms with Gasteiger partial charge >= 0.3 is 18.0 Å². The molecule has 0 radical (unpaired) electrons. The summed E-state index contributed by atoms with van der Waals surface area (Å²) in [6.07, 6.45) is -1.38. The highest BCUT2D eigenvalue weighted by atomic mass is 16.5. The minimum Gasteiger partial charge on any atom is -0.480 e. The maximum Gasteiger partial charge on any atom is 0.407 e. The number of hydrogen-bond acceptors (Lipinski definition) is 6.